The number of rotatable bonds is 5. The van der Waals surface area contributed by atoms with Crippen LogP contribution in [0.25, 0.3) is 0 Å². The zero-order chi connectivity index (χ0) is 19.3. The van der Waals surface area contributed by atoms with E-state index in [1.807, 2.05) is 18.2 Å². The fourth-order valence-electron chi connectivity index (χ4n) is 3.71. The Labute approximate surface area is 164 Å². The Morgan fingerprint density at radius 3 is 2.71 bits per heavy atom. The second-order valence-corrected chi connectivity index (χ2v) is 7.29. The average molecular weight is 379 g/mol. The second-order valence-electron chi connectivity index (χ2n) is 7.29. The van der Waals surface area contributed by atoms with E-state index >= 15 is 0 Å². The van der Waals surface area contributed by atoms with Gasteiger partial charge >= 0.3 is 0 Å². The quantitative estimate of drug-likeness (QED) is 0.734. The summed E-state index contributed by atoms with van der Waals surface area (Å²) in [5.74, 6) is 1.08. The van der Waals surface area contributed by atoms with E-state index in [-0.39, 0.29) is 17.9 Å². The summed E-state index contributed by atoms with van der Waals surface area (Å²) in [6.07, 6.45) is 4.81. The maximum Gasteiger partial charge on any atom is 0.270 e. The molecule has 0 spiro atoms. The monoisotopic (exact) mass is 379 g/mol. The highest BCUT2D eigenvalue weighted by Crippen LogP contribution is 2.23. The summed E-state index contributed by atoms with van der Waals surface area (Å²) in [6.45, 7) is 1.27. The summed E-state index contributed by atoms with van der Waals surface area (Å²) in [7, 11) is 0. The minimum atomic E-state index is -0.325. The maximum atomic E-state index is 12.4. The molecule has 28 heavy (non-hydrogen) atoms. The van der Waals surface area contributed by atoms with Gasteiger partial charge in [0.1, 0.15) is 23.4 Å². The lowest BCUT2D eigenvalue weighted by molar-refractivity contribution is -0.121. The van der Waals surface area contributed by atoms with Crippen molar-refractivity contribution >= 4 is 17.6 Å². The minimum Gasteiger partial charge on any atom is -0.358 e. The third-order valence-electron chi connectivity index (χ3n) is 5.26. The Kier molecular flexibility index (Phi) is 5.50. The second kappa shape index (κ2) is 8.37. The van der Waals surface area contributed by atoms with Gasteiger partial charge in [0.05, 0.1) is 0 Å². The van der Waals surface area contributed by atoms with E-state index in [4.69, 9.17) is 4.98 Å². The van der Waals surface area contributed by atoms with Crippen LogP contribution in [0, 0.1) is 0 Å². The molecular weight excluding hydrogens is 354 g/mol. The molecule has 1 saturated heterocycles. The standard InChI is InChI=1S/C21H25N5O2/c27-20-16(8-4-5-12-22-20)24-19-15-11-13-23-21(28)18(15)25-17(26-19)10-9-14-6-2-1-3-7-14/h1-3,6-7,16H,4-5,8-13H2,(H,22,27)(H,23,28)(H,24,25,26). The predicted octanol–water partition coefficient (Wildman–Crippen LogP) is 1.63. The van der Waals surface area contributed by atoms with E-state index in [0.717, 1.165) is 31.2 Å². The Bertz CT molecular complexity index is 869. The highest BCUT2D eigenvalue weighted by Gasteiger charge is 2.27. The van der Waals surface area contributed by atoms with Crippen molar-refractivity contribution in [2.24, 2.45) is 0 Å². The summed E-state index contributed by atoms with van der Waals surface area (Å²) in [5, 5.41) is 9.11. The highest BCUT2D eigenvalue weighted by atomic mass is 16.2. The van der Waals surface area contributed by atoms with Gasteiger partial charge in [0, 0.05) is 25.1 Å². The molecule has 7 nitrogen and oxygen atoms in total. The van der Waals surface area contributed by atoms with Gasteiger partial charge in [-0.3, -0.25) is 9.59 Å². The molecule has 3 N–H and O–H groups in total. The molecule has 2 aromatic rings. The Hall–Kier alpha value is -2.96. The zero-order valence-corrected chi connectivity index (χ0v) is 15.8. The third-order valence-corrected chi connectivity index (χ3v) is 5.26. The first kappa shape index (κ1) is 18.4. The molecule has 1 unspecified atom stereocenters. The summed E-state index contributed by atoms with van der Waals surface area (Å²) in [6, 6.07) is 9.82. The lowest BCUT2D eigenvalue weighted by Gasteiger charge is -2.23. The highest BCUT2D eigenvalue weighted by molar-refractivity contribution is 5.96. The first-order valence-corrected chi connectivity index (χ1v) is 9.97. The number of carbonyl (C=O) groups excluding carboxylic acids is 2. The number of amides is 2. The topological polar surface area (TPSA) is 96.0 Å². The van der Waals surface area contributed by atoms with Gasteiger partial charge in [-0.05, 0) is 37.7 Å². The molecule has 7 heteroatoms. The smallest absolute Gasteiger partial charge is 0.270 e. The van der Waals surface area contributed by atoms with Crippen molar-refractivity contribution in [1.82, 2.24) is 20.6 Å². The summed E-state index contributed by atoms with van der Waals surface area (Å²) in [4.78, 5) is 34.0. The molecule has 0 bridgehead atoms. The summed E-state index contributed by atoms with van der Waals surface area (Å²) >= 11 is 0. The number of anilines is 1. The van der Waals surface area contributed by atoms with Gasteiger partial charge in [0.15, 0.2) is 0 Å². The largest absolute Gasteiger partial charge is 0.358 e. The van der Waals surface area contributed by atoms with Crippen molar-refractivity contribution in [2.45, 2.75) is 44.6 Å². The predicted molar refractivity (Wildman–Crippen MR) is 106 cm³/mol. The molecule has 2 amide bonds. The van der Waals surface area contributed by atoms with Gasteiger partial charge in [-0.15, -0.1) is 0 Å². The van der Waals surface area contributed by atoms with E-state index in [0.29, 0.717) is 43.3 Å². The van der Waals surface area contributed by atoms with Gasteiger partial charge in [-0.2, -0.15) is 0 Å². The summed E-state index contributed by atoms with van der Waals surface area (Å²) in [5.41, 5.74) is 2.44. The van der Waals surface area contributed by atoms with E-state index in [1.54, 1.807) is 0 Å². The number of aromatic nitrogens is 2. The molecule has 4 rings (SSSR count). The molecule has 0 radical (unpaired) electrons. The zero-order valence-electron chi connectivity index (χ0n) is 15.8. The molecule has 1 atom stereocenters. The third kappa shape index (κ3) is 4.13. The molecule has 0 aliphatic carbocycles. The number of nitrogens with zero attached hydrogens (tertiary/aromatic N) is 2. The van der Waals surface area contributed by atoms with Crippen molar-refractivity contribution in [3.63, 3.8) is 0 Å². The maximum absolute atomic E-state index is 12.4. The first-order chi connectivity index (χ1) is 13.7. The Balaban J connectivity index is 1.61. The number of hydrogen-bond donors (Lipinski definition) is 3. The Morgan fingerprint density at radius 2 is 1.86 bits per heavy atom. The van der Waals surface area contributed by atoms with Crippen LogP contribution in [0.3, 0.4) is 0 Å². The Morgan fingerprint density at radius 1 is 1.00 bits per heavy atom. The van der Waals surface area contributed by atoms with Crippen LogP contribution >= 0.6 is 0 Å². The van der Waals surface area contributed by atoms with Gasteiger partial charge in [-0.1, -0.05) is 30.3 Å². The van der Waals surface area contributed by atoms with Crippen molar-refractivity contribution in [1.29, 1.82) is 0 Å². The van der Waals surface area contributed by atoms with Crippen molar-refractivity contribution in [3.05, 3.63) is 53.0 Å². The first-order valence-electron chi connectivity index (χ1n) is 9.97. The molecule has 3 heterocycles. The molecule has 146 valence electrons. The minimum absolute atomic E-state index is 0.00374. The molecular formula is C21H25N5O2. The molecule has 1 aromatic heterocycles. The number of carbonyl (C=O) groups is 2. The molecule has 2 aliphatic heterocycles. The molecule has 0 saturated carbocycles. The van der Waals surface area contributed by atoms with Crippen LogP contribution in [0.2, 0.25) is 0 Å². The SMILES string of the molecule is O=C1NCCc2c(NC3CCCCNC3=O)nc(CCc3ccccc3)nc21. The van der Waals surface area contributed by atoms with Crippen LogP contribution in [0.1, 0.15) is 46.7 Å². The fourth-order valence-corrected chi connectivity index (χ4v) is 3.71. The van der Waals surface area contributed by atoms with Gasteiger partial charge in [-0.25, -0.2) is 9.97 Å². The van der Waals surface area contributed by atoms with Crippen LogP contribution in [0.15, 0.2) is 30.3 Å². The van der Waals surface area contributed by atoms with Crippen LogP contribution < -0.4 is 16.0 Å². The van der Waals surface area contributed by atoms with Crippen molar-refractivity contribution in [3.8, 4) is 0 Å². The van der Waals surface area contributed by atoms with Crippen LogP contribution in [0.5, 0.6) is 0 Å². The number of nitrogens with one attached hydrogen (secondary N) is 3. The van der Waals surface area contributed by atoms with E-state index in [2.05, 4.69) is 33.1 Å². The molecule has 1 fully saturated rings. The van der Waals surface area contributed by atoms with Crippen LogP contribution in [0.4, 0.5) is 5.82 Å². The van der Waals surface area contributed by atoms with Crippen molar-refractivity contribution < 1.29 is 9.59 Å². The molecule has 1 aromatic carbocycles. The van der Waals surface area contributed by atoms with E-state index in [1.165, 1.54) is 5.56 Å². The normalized spacial score (nSPS) is 19.2. The van der Waals surface area contributed by atoms with Gasteiger partial charge in [0.25, 0.3) is 5.91 Å². The lowest BCUT2D eigenvalue weighted by atomic mass is 10.0. The van der Waals surface area contributed by atoms with Crippen LogP contribution in [-0.4, -0.2) is 40.9 Å². The number of aryl methyl sites for hydroxylation is 2. The number of hydrogen-bond acceptors (Lipinski definition) is 5. The average Bonchev–Trinajstić information content (AvgIpc) is 2.92. The van der Waals surface area contributed by atoms with E-state index in [9.17, 15) is 9.59 Å². The van der Waals surface area contributed by atoms with E-state index < -0.39 is 0 Å². The van der Waals surface area contributed by atoms with Gasteiger partial charge < -0.3 is 16.0 Å². The number of fused-ring (bicyclic) bond motifs is 1. The number of benzene rings is 1. The fraction of sp³-hybridized carbons (Fsp3) is 0.429. The van der Waals surface area contributed by atoms with Crippen LogP contribution in [-0.2, 0) is 24.1 Å². The summed E-state index contributed by atoms with van der Waals surface area (Å²) < 4.78 is 0. The van der Waals surface area contributed by atoms with Crippen molar-refractivity contribution in [2.75, 3.05) is 18.4 Å². The molecule has 2 aliphatic rings. The lowest BCUT2D eigenvalue weighted by Crippen LogP contribution is -2.40. The van der Waals surface area contributed by atoms with Gasteiger partial charge in [0.2, 0.25) is 5.91 Å².